The van der Waals surface area contributed by atoms with E-state index < -0.39 is 0 Å². The van der Waals surface area contributed by atoms with E-state index in [2.05, 4.69) is 29.4 Å². The molecule has 0 spiro atoms. The van der Waals surface area contributed by atoms with Crippen molar-refractivity contribution >= 4 is 5.91 Å². The summed E-state index contributed by atoms with van der Waals surface area (Å²) in [4.78, 5) is 27.5. The van der Waals surface area contributed by atoms with Crippen LogP contribution >= 0.6 is 0 Å². The number of hydrogen-bond donors (Lipinski definition) is 0. The highest BCUT2D eigenvalue weighted by Crippen LogP contribution is 2.45. The molecule has 0 saturated carbocycles. The van der Waals surface area contributed by atoms with Gasteiger partial charge in [0.15, 0.2) is 0 Å². The van der Waals surface area contributed by atoms with Gasteiger partial charge in [0.2, 0.25) is 5.43 Å². The molecule has 3 aromatic rings. The highest BCUT2D eigenvalue weighted by atomic mass is 19.1. The topological polar surface area (TPSA) is 55.2 Å². The molecular formula is C25H24FN3O2. The summed E-state index contributed by atoms with van der Waals surface area (Å²) in [6.07, 6.45) is 3.08. The van der Waals surface area contributed by atoms with E-state index in [9.17, 15) is 14.0 Å². The Labute approximate surface area is 180 Å². The second kappa shape index (κ2) is 7.45. The number of nitrogens with zero attached hydrogens (tertiary/aromatic N) is 3. The molecule has 31 heavy (non-hydrogen) atoms. The fourth-order valence-electron chi connectivity index (χ4n) is 5.13. The van der Waals surface area contributed by atoms with Gasteiger partial charge in [-0.1, -0.05) is 42.0 Å². The Morgan fingerprint density at radius 1 is 1.00 bits per heavy atom. The van der Waals surface area contributed by atoms with Gasteiger partial charge in [0, 0.05) is 18.0 Å². The molecule has 2 aromatic carbocycles. The van der Waals surface area contributed by atoms with E-state index in [0.717, 1.165) is 29.5 Å². The SMILES string of the molecule is Cc1ccc([C@H](c2ccc(F)cc2)[C@H]2[C@H]3CCCN3C(=O)c3c(C)c(=O)cnn32)cc1. The number of aromatic nitrogens is 2. The van der Waals surface area contributed by atoms with Crippen LogP contribution in [0.5, 0.6) is 0 Å². The van der Waals surface area contributed by atoms with Crippen LogP contribution in [0.15, 0.2) is 59.5 Å². The van der Waals surface area contributed by atoms with Gasteiger partial charge in [0.05, 0.1) is 18.3 Å². The molecule has 1 saturated heterocycles. The highest BCUT2D eigenvalue weighted by Gasteiger charge is 2.47. The fraction of sp³-hybridized carbons (Fsp3) is 0.320. The van der Waals surface area contributed by atoms with Crippen LogP contribution < -0.4 is 5.43 Å². The van der Waals surface area contributed by atoms with Crippen molar-refractivity contribution < 1.29 is 9.18 Å². The average molecular weight is 417 g/mol. The Balaban J connectivity index is 1.77. The molecule has 158 valence electrons. The average Bonchev–Trinajstić information content (AvgIpc) is 3.25. The molecule has 5 nitrogen and oxygen atoms in total. The van der Waals surface area contributed by atoms with E-state index >= 15 is 0 Å². The molecule has 1 fully saturated rings. The molecule has 6 heteroatoms. The van der Waals surface area contributed by atoms with E-state index in [4.69, 9.17) is 0 Å². The number of carbonyl (C=O) groups excluding carboxylic acids is 1. The zero-order chi connectivity index (χ0) is 21.7. The van der Waals surface area contributed by atoms with Crippen molar-refractivity contribution in [2.45, 2.75) is 44.7 Å². The van der Waals surface area contributed by atoms with Gasteiger partial charge < -0.3 is 4.90 Å². The largest absolute Gasteiger partial charge is 0.332 e. The molecule has 0 radical (unpaired) electrons. The van der Waals surface area contributed by atoms with Crippen molar-refractivity contribution in [2.75, 3.05) is 6.54 Å². The van der Waals surface area contributed by atoms with Crippen molar-refractivity contribution in [3.8, 4) is 0 Å². The van der Waals surface area contributed by atoms with E-state index in [1.807, 2.05) is 24.0 Å². The van der Waals surface area contributed by atoms with Crippen LogP contribution in [0, 0.1) is 19.7 Å². The van der Waals surface area contributed by atoms with Gasteiger partial charge >= 0.3 is 0 Å². The number of benzene rings is 2. The van der Waals surface area contributed by atoms with Gasteiger partial charge in [-0.3, -0.25) is 14.3 Å². The van der Waals surface area contributed by atoms with Gasteiger partial charge in [0.25, 0.3) is 5.91 Å². The first-order valence-electron chi connectivity index (χ1n) is 10.7. The maximum absolute atomic E-state index is 13.7. The zero-order valence-corrected chi connectivity index (χ0v) is 17.6. The van der Waals surface area contributed by atoms with Crippen LogP contribution in [0.3, 0.4) is 0 Å². The third-order valence-electron chi connectivity index (χ3n) is 6.70. The van der Waals surface area contributed by atoms with Gasteiger partial charge in [0.1, 0.15) is 11.5 Å². The summed E-state index contributed by atoms with van der Waals surface area (Å²) < 4.78 is 15.5. The first-order valence-corrected chi connectivity index (χ1v) is 10.7. The highest BCUT2D eigenvalue weighted by molar-refractivity contribution is 5.95. The van der Waals surface area contributed by atoms with Crippen molar-refractivity contribution in [1.29, 1.82) is 0 Å². The summed E-state index contributed by atoms with van der Waals surface area (Å²) in [6, 6.07) is 14.7. The minimum atomic E-state index is -0.286. The predicted molar refractivity (Wildman–Crippen MR) is 116 cm³/mol. The lowest BCUT2D eigenvalue weighted by Crippen LogP contribution is -2.51. The zero-order valence-electron chi connectivity index (χ0n) is 17.6. The molecule has 0 aliphatic carbocycles. The lowest BCUT2D eigenvalue weighted by molar-refractivity contribution is 0.0571. The predicted octanol–water partition coefficient (Wildman–Crippen LogP) is 3.99. The minimum Gasteiger partial charge on any atom is -0.332 e. The van der Waals surface area contributed by atoms with E-state index in [0.29, 0.717) is 17.8 Å². The van der Waals surface area contributed by atoms with Crippen LogP contribution in [-0.4, -0.2) is 33.2 Å². The molecule has 1 aromatic heterocycles. The van der Waals surface area contributed by atoms with Gasteiger partial charge in [-0.05, 0) is 49.9 Å². The Morgan fingerprint density at radius 3 is 2.32 bits per heavy atom. The summed E-state index contributed by atoms with van der Waals surface area (Å²) >= 11 is 0. The second-order valence-electron chi connectivity index (χ2n) is 8.57. The molecule has 1 amide bonds. The molecule has 3 atom stereocenters. The Kier molecular flexibility index (Phi) is 4.73. The smallest absolute Gasteiger partial charge is 0.272 e. The van der Waals surface area contributed by atoms with Crippen molar-refractivity contribution in [3.05, 3.63) is 98.7 Å². The summed E-state index contributed by atoms with van der Waals surface area (Å²) in [5.41, 5.74) is 3.76. The maximum Gasteiger partial charge on any atom is 0.272 e. The minimum absolute atomic E-state index is 0.0363. The van der Waals surface area contributed by atoms with Gasteiger partial charge in [-0.2, -0.15) is 5.10 Å². The number of amides is 1. The third-order valence-corrected chi connectivity index (χ3v) is 6.70. The second-order valence-corrected chi connectivity index (χ2v) is 8.57. The normalized spacial score (nSPS) is 21.0. The summed E-state index contributed by atoms with van der Waals surface area (Å²) in [5.74, 6) is -0.554. The Hall–Kier alpha value is -3.28. The standard InChI is InChI=1S/C25H24FN3O2/c1-15-5-7-17(8-6-15)22(18-9-11-19(26)12-10-18)24-20-4-3-13-28(20)25(31)23-16(2)21(30)14-27-29(23)24/h5-12,14,20,22,24H,3-4,13H2,1-2H3/t20-,22-,24-/m1/s1. The summed E-state index contributed by atoms with van der Waals surface area (Å²) in [6.45, 7) is 4.41. The lowest BCUT2D eigenvalue weighted by atomic mass is 9.79. The number of carbonyl (C=O) groups is 1. The monoisotopic (exact) mass is 417 g/mol. The van der Waals surface area contributed by atoms with Gasteiger partial charge in [-0.15, -0.1) is 0 Å². The number of halogens is 1. The quantitative estimate of drug-likeness (QED) is 0.648. The first-order chi connectivity index (χ1) is 15.0. The molecule has 0 bridgehead atoms. The lowest BCUT2D eigenvalue weighted by Gasteiger charge is -2.43. The number of rotatable bonds is 3. The number of hydrogen-bond acceptors (Lipinski definition) is 3. The van der Waals surface area contributed by atoms with Crippen LogP contribution in [0.1, 0.15) is 57.5 Å². The summed E-state index contributed by atoms with van der Waals surface area (Å²) in [7, 11) is 0. The fourth-order valence-corrected chi connectivity index (χ4v) is 5.13. The molecular weight excluding hydrogens is 393 g/mol. The maximum atomic E-state index is 13.7. The molecule has 0 N–H and O–H groups in total. The molecule has 2 aliphatic heterocycles. The Bertz CT molecular complexity index is 1160. The Morgan fingerprint density at radius 2 is 1.65 bits per heavy atom. The third kappa shape index (κ3) is 3.17. The van der Waals surface area contributed by atoms with E-state index in [1.165, 1.54) is 18.3 Å². The van der Waals surface area contributed by atoms with Crippen molar-refractivity contribution in [2.24, 2.45) is 0 Å². The van der Waals surface area contributed by atoms with Crippen LogP contribution in [0.25, 0.3) is 0 Å². The van der Waals surface area contributed by atoms with Crippen LogP contribution in [0.2, 0.25) is 0 Å². The number of fused-ring (bicyclic) bond motifs is 2. The number of aryl methyl sites for hydroxylation is 1. The van der Waals surface area contributed by atoms with Gasteiger partial charge in [-0.25, -0.2) is 4.39 Å². The first kappa shape index (κ1) is 19.7. The van der Waals surface area contributed by atoms with Crippen LogP contribution in [0.4, 0.5) is 4.39 Å². The molecule has 5 rings (SSSR count). The summed E-state index contributed by atoms with van der Waals surface area (Å²) in [5, 5.41) is 4.46. The molecule has 2 aliphatic rings. The van der Waals surface area contributed by atoms with E-state index in [-0.39, 0.29) is 35.2 Å². The van der Waals surface area contributed by atoms with Crippen molar-refractivity contribution in [1.82, 2.24) is 14.7 Å². The van der Waals surface area contributed by atoms with Crippen LogP contribution in [-0.2, 0) is 0 Å². The molecule has 0 unspecified atom stereocenters. The van der Waals surface area contributed by atoms with Crippen molar-refractivity contribution in [3.63, 3.8) is 0 Å². The van der Waals surface area contributed by atoms with E-state index in [1.54, 1.807) is 11.6 Å². The molecule has 3 heterocycles.